The van der Waals surface area contributed by atoms with E-state index in [2.05, 4.69) is 11.2 Å². The fourth-order valence-electron chi connectivity index (χ4n) is 1.27. The van der Waals surface area contributed by atoms with Gasteiger partial charge in [-0.05, 0) is 18.6 Å². The van der Waals surface area contributed by atoms with E-state index in [1.807, 2.05) is 0 Å². The Kier molecular flexibility index (Phi) is 4.15. The van der Waals surface area contributed by atoms with Crippen molar-refractivity contribution >= 4 is 23.0 Å². The van der Waals surface area contributed by atoms with Gasteiger partial charge in [0.25, 0.3) is 5.69 Å². The summed E-state index contributed by atoms with van der Waals surface area (Å²) in [5.41, 5.74) is 1.46. The SMILES string of the molecule is C#CCCNc1cc(Cl)c([N+](=O)[O-])cc1C. The summed E-state index contributed by atoms with van der Waals surface area (Å²) >= 11 is 5.79. The number of anilines is 1. The Hall–Kier alpha value is -1.73. The largest absolute Gasteiger partial charge is 0.384 e. The molecule has 0 radical (unpaired) electrons. The molecular formula is C11H11ClN2O2. The number of terminal acetylenes is 1. The highest BCUT2D eigenvalue weighted by Gasteiger charge is 2.14. The maximum absolute atomic E-state index is 10.6. The number of nitrogens with one attached hydrogen (secondary N) is 1. The van der Waals surface area contributed by atoms with Crippen molar-refractivity contribution in [3.8, 4) is 12.3 Å². The Balaban J connectivity index is 2.93. The number of nitro benzene ring substituents is 1. The summed E-state index contributed by atoms with van der Waals surface area (Å²) in [4.78, 5) is 10.1. The first kappa shape index (κ1) is 12.3. The predicted molar refractivity (Wildman–Crippen MR) is 64.8 cm³/mol. The maximum Gasteiger partial charge on any atom is 0.288 e. The lowest BCUT2D eigenvalue weighted by atomic mass is 10.1. The molecule has 0 fully saturated rings. The Bertz CT molecular complexity index is 452. The molecule has 84 valence electrons. The third-order valence-electron chi connectivity index (χ3n) is 2.08. The van der Waals surface area contributed by atoms with Gasteiger partial charge in [0.2, 0.25) is 0 Å². The molecule has 0 bridgehead atoms. The first-order valence-corrected chi connectivity index (χ1v) is 5.06. The number of nitrogens with zero attached hydrogens (tertiary/aromatic N) is 1. The van der Waals surface area contributed by atoms with Gasteiger partial charge < -0.3 is 5.32 Å². The highest BCUT2D eigenvalue weighted by Crippen LogP contribution is 2.30. The second kappa shape index (κ2) is 5.38. The first-order chi connectivity index (χ1) is 7.56. The van der Waals surface area contributed by atoms with Gasteiger partial charge in [0.05, 0.1) is 4.92 Å². The van der Waals surface area contributed by atoms with Gasteiger partial charge in [-0.3, -0.25) is 10.1 Å². The van der Waals surface area contributed by atoms with Crippen LogP contribution in [0, 0.1) is 29.4 Å². The van der Waals surface area contributed by atoms with Crippen LogP contribution in [0.5, 0.6) is 0 Å². The summed E-state index contributed by atoms with van der Waals surface area (Å²) in [6, 6.07) is 2.99. The number of benzene rings is 1. The lowest BCUT2D eigenvalue weighted by molar-refractivity contribution is -0.384. The maximum atomic E-state index is 10.6. The number of hydrogen-bond donors (Lipinski definition) is 1. The van der Waals surface area contributed by atoms with Crippen LogP contribution in [0.15, 0.2) is 12.1 Å². The van der Waals surface area contributed by atoms with Crippen LogP contribution in [-0.2, 0) is 0 Å². The Morgan fingerprint density at radius 2 is 2.31 bits per heavy atom. The third kappa shape index (κ3) is 2.88. The van der Waals surface area contributed by atoms with Crippen LogP contribution in [0.1, 0.15) is 12.0 Å². The second-order valence-corrected chi connectivity index (χ2v) is 3.66. The minimum absolute atomic E-state index is 0.0818. The van der Waals surface area contributed by atoms with E-state index in [1.54, 1.807) is 13.0 Å². The molecule has 4 nitrogen and oxygen atoms in total. The Morgan fingerprint density at radius 3 is 2.88 bits per heavy atom. The molecule has 1 aromatic rings. The quantitative estimate of drug-likeness (QED) is 0.380. The second-order valence-electron chi connectivity index (χ2n) is 3.26. The Morgan fingerprint density at radius 1 is 1.62 bits per heavy atom. The lowest BCUT2D eigenvalue weighted by Gasteiger charge is -2.08. The highest BCUT2D eigenvalue weighted by atomic mass is 35.5. The monoisotopic (exact) mass is 238 g/mol. The van der Waals surface area contributed by atoms with Crippen LogP contribution in [0.25, 0.3) is 0 Å². The summed E-state index contributed by atoms with van der Waals surface area (Å²) in [7, 11) is 0. The molecule has 0 unspecified atom stereocenters. The van der Waals surface area contributed by atoms with Crippen molar-refractivity contribution in [3.63, 3.8) is 0 Å². The van der Waals surface area contributed by atoms with E-state index in [4.69, 9.17) is 18.0 Å². The van der Waals surface area contributed by atoms with Crippen molar-refractivity contribution in [2.45, 2.75) is 13.3 Å². The Labute approximate surface area is 98.8 Å². The molecule has 0 aliphatic heterocycles. The minimum atomic E-state index is -0.499. The number of nitro groups is 1. The van der Waals surface area contributed by atoms with Crippen molar-refractivity contribution in [3.05, 3.63) is 32.8 Å². The van der Waals surface area contributed by atoms with Crippen molar-refractivity contribution in [2.24, 2.45) is 0 Å². The standard InChI is InChI=1S/C11H11ClN2O2/c1-3-4-5-13-10-7-9(12)11(14(15)16)6-8(10)2/h1,6-7,13H,4-5H2,2H3. The van der Waals surface area contributed by atoms with Crippen LogP contribution < -0.4 is 5.32 Å². The zero-order valence-electron chi connectivity index (χ0n) is 8.79. The van der Waals surface area contributed by atoms with E-state index in [0.29, 0.717) is 13.0 Å². The van der Waals surface area contributed by atoms with Crippen LogP contribution in [0.4, 0.5) is 11.4 Å². The van der Waals surface area contributed by atoms with E-state index in [0.717, 1.165) is 11.3 Å². The third-order valence-corrected chi connectivity index (χ3v) is 2.38. The summed E-state index contributed by atoms with van der Waals surface area (Å²) in [6.45, 7) is 2.40. The number of aryl methyl sites for hydroxylation is 1. The van der Waals surface area contributed by atoms with Gasteiger partial charge >= 0.3 is 0 Å². The van der Waals surface area contributed by atoms with E-state index in [9.17, 15) is 10.1 Å². The molecular weight excluding hydrogens is 228 g/mol. The molecule has 0 spiro atoms. The zero-order chi connectivity index (χ0) is 12.1. The molecule has 0 aromatic heterocycles. The molecule has 0 aliphatic rings. The first-order valence-electron chi connectivity index (χ1n) is 4.68. The molecule has 1 aromatic carbocycles. The van der Waals surface area contributed by atoms with Crippen LogP contribution in [0.3, 0.4) is 0 Å². The average molecular weight is 239 g/mol. The van der Waals surface area contributed by atoms with Gasteiger partial charge in [0.1, 0.15) is 5.02 Å². The van der Waals surface area contributed by atoms with Crippen molar-refractivity contribution in [1.29, 1.82) is 0 Å². The van der Waals surface area contributed by atoms with E-state index >= 15 is 0 Å². The number of hydrogen-bond acceptors (Lipinski definition) is 3. The van der Waals surface area contributed by atoms with Crippen molar-refractivity contribution < 1.29 is 4.92 Å². The molecule has 16 heavy (non-hydrogen) atoms. The smallest absolute Gasteiger partial charge is 0.288 e. The van der Waals surface area contributed by atoms with E-state index < -0.39 is 4.92 Å². The number of halogens is 1. The fraction of sp³-hybridized carbons (Fsp3) is 0.273. The lowest BCUT2D eigenvalue weighted by Crippen LogP contribution is -2.02. The van der Waals surface area contributed by atoms with Gasteiger partial charge in [0.15, 0.2) is 0 Å². The van der Waals surface area contributed by atoms with Crippen LogP contribution >= 0.6 is 11.6 Å². The van der Waals surface area contributed by atoms with Gasteiger partial charge in [-0.1, -0.05) is 11.6 Å². The van der Waals surface area contributed by atoms with Crippen molar-refractivity contribution in [2.75, 3.05) is 11.9 Å². The summed E-state index contributed by atoms with van der Waals surface area (Å²) in [5.74, 6) is 2.50. The molecule has 1 N–H and O–H groups in total. The normalized spacial score (nSPS) is 9.56. The molecule has 1 rings (SSSR count). The summed E-state index contributed by atoms with van der Waals surface area (Å²) < 4.78 is 0. The molecule has 0 atom stereocenters. The van der Waals surface area contributed by atoms with Gasteiger partial charge in [-0.25, -0.2) is 0 Å². The molecule has 0 saturated heterocycles. The summed E-state index contributed by atoms with van der Waals surface area (Å²) in [6.07, 6.45) is 5.71. The van der Waals surface area contributed by atoms with E-state index in [1.165, 1.54) is 6.07 Å². The molecule has 0 aliphatic carbocycles. The fourth-order valence-corrected chi connectivity index (χ4v) is 1.50. The molecule has 0 saturated carbocycles. The van der Waals surface area contributed by atoms with Gasteiger partial charge in [-0.2, -0.15) is 0 Å². The van der Waals surface area contributed by atoms with Gasteiger partial charge in [-0.15, -0.1) is 12.3 Å². The zero-order valence-corrected chi connectivity index (χ0v) is 9.54. The minimum Gasteiger partial charge on any atom is -0.384 e. The molecule has 0 amide bonds. The highest BCUT2D eigenvalue weighted by molar-refractivity contribution is 6.33. The van der Waals surface area contributed by atoms with Crippen LogP contribution in [-0.4, -0.2) is 11.5 Å². The van der Waals surface area contributed by atoms with Crippen molar-refractivity contribution in [1.82, 2.24) is 0 Å². The predicted octanol–water partition coefficient (Wildman–Crippen LogP) is 2.99. The summed E-state index contributed by atoms with van der Waals surface area (Å²) in [5, 5.41) is 13.8. The molecule has 5 heteroatoms. The van der Waals surface area contributed by atoms with E-state index in [-0.39, 0.29) is 10.7 Å². The van der Waals surface area contributed by atoms with Crippen LogP contribution in [0.2, 0.25) is 5.02 Å². The number of rotatable bonds is 4. The average Bonchev–Trinajstić information content (AvgIpc) is 2.22. The molecule has 0 heterocycles. The topological polar surface area (TPSA) is 55.2 Å². The van der Waals surface area contributed by atoms with Gasteiger partial charge in [0, 0.05) is 24.7 Å².